The highest BCUT2D eigenvalue weighted by atomic mass is 19.3. The largest absolute Gasteiger partial charge is 0.586 e. The van der Waals surface area contributed by atoms with E-state index in [0.29, 0.717) is 28.0 Å². The maximum Gasteiger partial charge on any atom is 0.586 e. The molecule has 0 atom stereocenters. The van der Waals surface area contributed by atoms with Crippen molar-refractivity contribution in [3.05, 3.63) is 76.6 Å². The number of nitrogens with two attached hydrogens (primary N) is 1. The number of alkyl halides is 2. The number of carbonyl (C=O) groups is 2. The fourth-order valence-corrected chi connectivity index (χ4v) is 4.33. The number of aromatic nitrogens is 2. The van der Waals surface area contributed by atoms with Crippen molar-refractivity contribution in [1.82, 2.24) is 9.78 Å². The molecule has 1 aliphatic rings. The normalized spacial score (nSPS) is 13.3. The molecular weight excluding hydrogens is 514 g/mol. The predicted molar refractivity (Wildman–Crippen MR) is 137 cm³/mol. The van der Waals surface area contributed by atoms with Crippen LogP contribution in [0.4, 0.5) is 14.5 Å². The number of benzene rings is 3. The molecular formula is C27H22F2N4O6. The minimum atomic E-state index is -3.79. The van der Waals surface area contributed by atoms with E-state index in [4.69, 9.17) is 10.5 Å². The molecule has 0 aliphatic carbocycles. The maximum atomic E-state index is 13.5. The molecule has 1 aromatic heterocycles. The van der Waals surface area contributed by atoms with Crippen molar-refractivity contribution in [3.8, 4) is 28.5 Å². The lowest BCUT2D eigenvalue weighted by Gasteiger charge is -2.22. The minimum Gasteiger partial charge on any atom is -0.497 e. The van der Waals surface area contributed by atoms with Crippen molar-refractivity contribution in [2.24, 2.45) is 5.73 Å². The topological polar surface area (TPSA) is 126 Å². The third-order valence-corrected chi connectivity index (χ3v) is 6.21. The van der Waals surface area contributed by atoms with Gasteiger partial charge in [0.05, 0.1) is 18.2 Å². The summed E-state index contributed by atoms with van der Waals surface area (Å²) in [5.41, 5.74) is 6.37. The fraction of sp³-hybridized carbons (Fsp3) is 0.185. The molecule has 0 unspecified atom stereocenters. The quantitative estimate of drug-likeness (QED) is 0.383. The van der Waals surface area contributed by atoms with Crippen LogP contribution in [0.25, 0.3) is 22.0 Å². The molecule has 39 heavy (non-hydrogen) atoms. The number of nitrogens with zero attached hydrogens (tertiary/aromatic N) is 3. The van der Waals surface area contributed by atoms with Crippen LogP contribution in [0, 0.1) is 0 Å². The zero-order chi connectivity index (χ0) is 27.9. The number of hydrogen-bond acceptors (Lipinski definition) is 7. The van der Waals surface area contributed by atoms with E-state index in [2.05, 4.69) is 14.6 Å². The molecule has 200 valence electrons. The van der Waals surface area contributed by atoms with Gasteiger partial charge in [-0.15, -0.1) is 8.78 Å². The summed E-state index contributed by atoms with van der Waals surface area (Å²) < 4.78 is 42.2. The van der Waals surface area contributed by atoms with Gasteiger partial charge in [0.25, 0.3) is 5.56 Å². The first-order chi connectivity index (χ1) is 18.6. The summed E-state index contributed by atoms with van der Waals surface area (Å²) in [6.45, 7) is 1.42. The Morgan fingerprint density at radius 2 is 1.74 bits per heavy atom. The Morgan fingerprint density at radius 1 is 1.03 bits per heavy atom. The van der Waals surface area contributed by atoms with E-state index < -0.39 is 30.2 Å². The molecule has 1 aliphatic heterocycles. The number of methoxy groups -OCH3 is 1. The van der Waals surface area contributed by atoms with Crippen LogP contribution < -0.4 is 30.4 Å². The van der Waals surface area contributed by atoms with Gasteiger partial charge in [-0.3, -0.25) is 14.4 Å². The second-order valence-electron chi connectivity index (χ2n) is 8.60. The molecule has 0 bridgehead atoms. The summed E-state index contributed by atoms with van der Waals surface area (Å²) in [4.78, 5) is 39.6. The van der Waals surface area contributed by atoms with Crippen molar-refractivity contribution in [1.29, 1.82) is 0 Å². The van der Waals surface area contributed by atoms with Gasteiger partial charge in [-0.2, -0.15) is 5.10 Å². The van der Waals surface area contributed by atoms with Crippen LogP contribution in [-0.4, -0.2) is 41.5 Å². The Hall–Kier alpha value is -5.00. The van der Waals surface area contributed by atoms with Gasteiger partial charge >= 0.3 is 6.29 Å². The van der Waals surface area contributed by atoms with E-state index >= 15 is 0 Å². The molecule has 2 amide bonds. The van der Waals surface area contributed by atoms with Crippen LogP contribution in [0.15, 0.2) is 65.5 Å². The number of hydrogen-bond donors (Lipinski definition) is 1. The second kappa shape index (κ2) is 9.71. The first kappa shape index (κ1) is 25.6. The van der Waals surface area contributed by atoms with E-state index in [-0.39, 0.29) is 29.1 Å². The summed E-state index contributed by atoms with van der Waals surface area (Å²) in [7, 11) is 1.47. The van der Waals surface area contributed by atoms with Gasteiger partial charge in [0.15, 0.2) is 11.5 Å². The van der Waals surface area contributed by atoms with E-state index in [1.807, 2.05) is 0 Å². The number of carbonyl (C=O) groups excluding carboxylic acids is 2. The smallest absolute Gasteiger partial charge is 0.497 e. The number of primary amides is 1. The predicted octanol–water partition coefficient (Wildman–Crippen LogP) is 3.55. The van der Waals surface area contributed by atoms with E-state index in [1.54, 1.807) is 37.3 Å². The molecule has 0 fully saturated rings. The molecule has 3 aromatic carbocycles. The van der Waals surface area contributed by atoms with Crippen LogP contribution in [0.5, 0.6) is 17.2 Å². The summed E-state index contributed by atoms with van der Waals surface area (Å²) in [6.07, 6.45) is -3.79. The first-order valence-electron chi connectivity index (χ1n) is 11.8. The molecule has 2 heterocycles. The molecule has 0 saturated heterocycles. The van der Waals surface area contributed by atoms with Crippen LogP contribution in [0.1, 0.15) is 17.3 Å². The van der Waals surface area contributed by atoms with Gasteiger partial charge in [0.1, 0.15) is 12.3 Å². The van der Waals surface area contributed by atoms with Crippen LogP contribution in [-0.2, 0) is 11.3 Å². The molecule has 12 heteroatoms. The van der Waals surface area contributed by atoms with Gasteiger partial charge in [0, 0.05) is 34.8 Å². The summed E-state index contributed by atoms with van der Waals surface area (Å²) in [6, 6.07) is 15.3. The molecule has 0 spiro atoms. The van der Waals surface area contributed by atoms with Crippen LogP contribution in [0.2, 0.25) is 0 Å². The average molecular weight is 536 g/mol. The average Bonchev–Trinajstić information content (AvgIpc) is 3.23. The SMILES string of the molecule is CCN(C(=O)Cn1nc(-c2ccc(C(N)=O)cc2)c2ccc(OC)cc2c1=O)c1ccc2c(c1)OC(F)(F)O2. The molecule has 10 nitrogen and oxygen atoms in total. The Morgan fingerprint density at radius 3 is 2.41 bits per heavy atom. The summed E-state index contributed by atoms with van der Waals surface area (Å²) >= 11 is 0. The highest BCUT2D eigenvalue weighted by molar-refractivity contribution is 5.97. The lowest BCUT2D eigenvalue weighted by atomic mass is 10.0. The van der Waals surface area contributed by atoms with Gasteiger partial charge in [-0.1, -0.05) is 12.1 Å². The number of ether oxygens (including phenoxy) is 3. The number of rotatable bonds is 7. The molecule has 2 N–H and O–H groups in total. The van der Waals surface area contributed by atoms with Gasteiger partial charge in [-0.25, -0.2) is 4.68 Å². The van der Waals surface area contributed by atoms with E-state index in [1.165, 1.54) is 42.3 Å². The number of fused-ring (bicyclic) bond motifs is 2. The van der Waals surface area contributed by atoms with Crippen molar-refractivity contribution in [2.75, 3.05) is 18.6 Å². The van der Waals surface area contributed by atoms with Crippen molar-refractivity contribution >= 4 is 28.3 Å². The van der Waals surface area contributed by atoms with Crippen LogP contribution >= 0.6 is 0 Å². The maximum absolute atomic E-state index is 13.5. The van der Waals surface area contributed by atoms with E-state index in [9.17, 15) is 23.2 Å². The Labute approximate surface area is 220 Å². The van der Waals surface area contributed by atoms with Gasteiger partial charge in [0.2, 0.25) is 11.8 Å². The Kier molecular flexibility index (Phi) is 6.38. The molecule has 4 aromatic rings. The van der Waals surface area contributed by atoms with Crippen molar-refractivity contribution < 1.29 is 32.6 Å². The first-order valence-corrected chi connectivity index (χ1v) is 11.8. The number of anilines is 1. The second-order valence-corrected chi connectivity index (χ2v) is 8.60. The number of amides is 2. The monoisotopic (exact) mass is 536 g/mol. The molecule has 5 rings (SSSR count). The Bertz CT molecular complexity index is 1670. The molecule has 0 radical (unpaired) electrons. The number of likely N-dealkylation sites (N-methyl/N-ethyl adjacent to an activating group) is 1. The highest BCUT2D eigenvalue weighted by Gasteiger charge is 2.43. The third kappa shape index (κ3) is 4.83. The summed E-state index contributed by atoms with van der Waals surface area (Å²) in [5, 5.41) is 5.26. The van der Waals surface area contributed by atoms with Crippen LogP contribution in [0.3, 0.4) is 0 Å². The third-order valence-electron chi connectivity index (χ3n) is 6.21. The van der Waals surface area contributed by atoms with Crippen molar-refractivity contribution in [2.45, 2.75) is 19.8 Å². The lowest BCUT2D eigenvalue weighted by molar-refractivity contribution is -0.286. The van der Waals surface area contributed by atoms with Gasteiger partial charge in [-0.05, 0) is 49.4 Å². The minimum absolute atomic E-state index is 0.152. The number of halogens is 2. The Balaban J connectivity index is 1.55. The molecule has 0 saturated carbocycles. The lowest BCUT2D eigenvalue weighted by Crippen LogP contribution is -2.37. The zero-order valence-electron chi connectivity index (χ0n) is 20.8. The zero-order valence-corrected chi connectivity index (χ0v) is 20.8. The van der Waals surface area contributed by atoms with Gasteiger partial charge < -0.3 is 24.8 Å². The standard InChI is InChI=1S/C27H22F2N4O6/c1-3-32(17-8-11-21-22(12-17)39-27(28,29)38-21)23(34)14-33-26(36)20-13-18(37-2)9-10-19(20)24(31-33)15-4-6-16(7-5-15)25(30)35/h4-13H,3,14H2,1-2H3,(H2,30,35). The fourth-order valence-electron chi connectivity index (χ4n) is 4.33. The van der Waals surface area contributed by atoms with E-state index in [0.717, 1.165) is 4.68 Å². The summed E-state index contributed by atoms with van der Waals surface area (Å²) in [5.74, 6) is -1.04. The van der Waals surface area contributed by atoms with Crippen molar-refractivity contribution in [3.63, 3.8) is 0 Å². The highest BCUT2D eigenvalue weighted by Crippen LogP contribution is 2.42.